The SMILES string of the molecule is Cc1ccc2[nH]c(CN3CCN(C4CCN(C)CC4)C(CCO)C3)c(C)c2c1. The Morgan fingerprint density at radius 3 is 2.64 bits per heavy atom. The number of piperazine rings is 1. The molecule has 1 unspecified atom stereocenters. The summed E-state index contributed by atoms with van der Waals surface area (Å²) in [7, 11) is 2.23. The number of likely N-dealkylation sites (tertiary alicyclic amines) is 1. The van der Waals surface area contributed by atoms with Crippen molar-refractivity contribution in [3.8, 4) is 0 Å². The Labute approximate surface area is 169 Å². The third-order valence-electron chi connectivity index (χ3n) is 6.93. The first-order valence-electron chi connectivity index (χ1n) is 10.9. The molecule has 2 aliphatic heterocycles. The van der Waals surface area contributed by atoms with Crippen LogP contribution in [0.15, 0.2) is 18.2 Å². The number of hydrogen-bond acceptors (Lipinski definition) is 4. The molecule has 2 saturated heterocycles. The average Bonchev–Trinajstić information content (AvgIpc) is 2.98. The monoisotopic (exact) mass is 384 g/mol. The first kappa shape index (κ1) is 19.9. The van der Waals surface area contributed by atoms with Gasteiger partial charge in [-0.1, -0.05) is 11.6 Å². The van der Waals surface area contributed by atoms with Crippen molar-refractivity contribution in [3.05, 3.63) is 35.0 Å². The predicted octanol–water partition coefficient (Wildman–Crippen LogP) is 2.75. The van der Waals surface area contributed by atoms with Crippen molar-refractivity contribution in [1.29, 1.82) is 0 Å². The summed E-state index contributed by atoms with van der Waals surface area (Å²) in [5.74, 6) is 0. The number of rotatable bonds is 5. The molecule has 2 N–H and O–H groups in total. The molecule has 3 heterocycles. The fourth-order valence-corrected chi connectivity index (χ4v) is 5.17. The number of hydrogen-bond donors (Lipinski definition) is 2. The summed E-state index contributed by atoms with van der Waals surface area (Å²) < 4.78 is 0. The first-order valence-corrected chi connectivity index (χ1v) is 10.9. The second-order valence-electron chi connectivity index (χ2n) is 8.95. The smallest absolute Gasteiger partial charge is 0.0459 e. The number of benzene rings is 1. The number of H-pyrrole nitrogens is 1. The van der Waals surface area contributed by atoms with Gasteiger partial charge in [0.15, 0.2) is 0 Å². The zero-order valence-electron chi connectivity index (χ0n) is 17.7. The molecule has 0 spiro atoms. The lowest BCUT2D eigenvalue weighted by Gasteiger charge is -2.47. The highest BCUT2D eigenvalue weighted by molar-refractivity contribution is 5.85. The molecule has 1 aromatic carbocycles. The van der Waals surface area contributed by atoms with Crippen LogP contribution in [0.1, 0.15) is 36.1 Å². The fraction of sp³-hybridized carbons (Fsp3) is 0.652. The second kappa shape index (κ2) is 8.54. The topological polar surface area (TPSA) is 45.7 Å². The van der Waals surface area contributed by atoms with E-state index in [2.05, 4.69) is 58.8 Å². The van der Waals surface area contributed by atoms with Gasteiger partial charge in [-0.25, -0.2) is 0 Å². The van der Waals surface area contributed by atoms with Crippen LogP contribution in [0.2, 0.25) is 0 Å². The molecule has 5 heteroatoms. The van der Waals surface area contributed by atoms with Gasteiger partial charge in [0.05, 0.1) is 0 Å². The van der Waals surface area contributed by atoms with E-state index >= 15 is 0 Å². The van der Waals surface area contributed by atoms with Crippen LogP contribution in [-0.2, 0) is 6.54 Å². The Balaban J connectivity index is 1.45. The van der Waals surface area contributed by atoms with Gasteiger partial charge in [0, 0.05) is 61.5 Å². The molecule has 1 aromatic heterocycles. The van der Waals surface area contributed by atoms with E-state index in [9.17, 15) is 5.11 Å². The van der Waals surface area contributed by atoms with Crippen LogP contribution < -0.4 is 0 Å². The third kappa shape index (κ3) is 4.13. The zero-order chi connectivity index (χ0) is 19.7. The second-order valence-corrected chi connectivity index (χ2v) is 8.95. The van der Waals surface area contributed by atoms with Gasteiger partial charge in [0.25, 0.3) is 0 Å². The lowest BCUT2D eigenvalue weighted by atomic mass is 9.98. The van der Waals surface area contributed by atoms with Gasteiger partial charge in [0.2, 0.25) is 0 Å². The van der Waals surface area contributed by atoms with Gasteiger partial charge in [-0.15, -0.1) is 0 Å². The van der Waals surface area contributed by atoms with Crippen LogP contribution >= 0.6 is 0 Å². The van der Waals surface area contributed by atoms with Crippen LogP contribution in [0.3, 0.4) is 0 Å². The highest BCUT2D eigenvalue weighted by Crippen LogP contribution is 2.27. The number of aromatic nitrogens is 1. The van der Waals surface area contributed by atoms with E-state index in [-0.39, 0.29) is 6.61 Å². The molecule has 1 atom stereocenters. The van der Waals surface area contributed by atoms with Crippen LogP contribution in [0.4, 0.5) is 0 Å². The Hall–Kier alpha value is -1.40. The average molecular weight is 385 g/mol. The molecule has 0 bridgehead atoms. The van der Waals surface area contributed by atoms with E-state index in [0.717, 1.165) is 32.6 Å². The molecule has 154 valence electrons. The summed E-state index contributed by atoms with van der Waals surface area (Å²) in [5, 5.41) is 11.0. The minimum absolute atomic E-state index is 0.284. The standard InChI is InChI=1S/C23H36N4O/c1-17-4-5-22-21(14-17)18(2)23(24-22)16-26-11-12-27(20(15-26)8-13-28)19-6-9-25(3)10-7-19/h4-5,14,19-20,24,28H,6-13,15-16H2,1-3H3. The minimum atomic E-state index is 0.284. The molecule has 5 nitrogen and oxygen atoms in total. The Morgan fingerprint density at radius 2 is 1.89 bits per heavy atom. The molecule has 28 heavy (non-hydrogen) atoms. The summed E-state index contributed by atoms with van der Waals surface area (Å²) >= 11 is 0. The number of fused-ring (bicyclic) bond motifs is 1. The molecular weight excluding hydrogens is 348 g/mol. The van der Waals surface area contributed by atoms with Crippen molar-refractivity contribution >= 4 is 10.9 Å². The van der Waals surface area contributed by atoms with Gasteiger partial charge >= 0.3 is 0 Å². The van der Waals surface area contributed by atoms with Crippen LogP contribution in [0, 0.1) is 13.8 Å². The molecule has 0 amide bonds. The van der Waals surface area contributed by atoms with Gasteiger partial charge < -0.3 is 15.0 Å². The number of aryl methyl sites for hydroxylation is 2. The molecule has 0 aliphatic carbocycles. The maximum Gasteiger partial charge on any atom is 0.0459 e. The van der Waals surface area contributed by atoms with Crippen molar-refractivity contribution in [3.63, 3.8) is 0 Å². The van der Waals surface area contributed by atoms with Gasteiger partial charge in [-0.05, 0) is 70.9 Å². The normalized spacial score (nSPS) is 23.6. The Bertz CT molecular complexity index is 793. The van der Waals surface area contributed by atoms with E-state index in [0.29, 0.717) is 12.1 Å². The van der Waals surface area contributed by atoms with Crippen molar-refractivity contribution in [1.82, 2.24) is 19.7 Å². The summed E-state index contributed by atoms with van der Waals surface area (Å²) in [4.78, 5) is 11.4. The zero-order valence-corrected chi connectivity index (χ0v) is 17.7. The largest absolute Gasteiger partial charge is 0.396 e. The number of nitrogens with zero attached hydrogens (tertiary/aromatic N) is 3. The van der Waals surface area contributed by atoms with Crippen molar-refractivity contribution < 1.29 is 5.11 Å². The predicted molar refractivity (Wildman–Crippen MR) is 116 cm³/mol. The van der Waals surface area contributed by atoms with Gasteiger partial charge in [-0.3, -0.25) is 9.80 Å². The van der Waals surface area contributed by atoms with E-state index < -0.39 is 0 Å². The summed E-state index contributed by atoms with van der Waals surface area (Å²) in [6.07, 6.45) is 3.41. The van der Waals surface area contributed by atoms with Gasteiger partial charge in [-0.2, -0.15) is 0 Å². The lowest BCUT2D eigenvalue weighted by molar-refractivity contribution is 0.00566. The van der Waals surface area contributed by atoms with Crippen LogP contribution in [0.5, 0.6) is 0 Å². The quantitative estimate of drug-likeness (QED) is 0.832. The highest BCUT2D eigenvalue weighted by Gasteiger charge is 2.33. The maximum absolute atomic E-state index is 9.66. The fourth-order valence-electron chi connectivity index (χ4n) is 5.17. The van der Waals surface area contributed by atoms with Crippen molar-refractivity contribution in [2.45, 2.75) is 51.7 Å². The van der Waals surface area contributed by atoms with Crippen molar-refractivity contribution in [2.24, 2.45) is 0 Å². The molecule has 2 fully saturated rings. The summed E-state index contributed by atoms with van der Waals surface area (Å²) in [5.41, 5.74) is 5.29. The number of aromatic amines is 1. The molecule has 2 aliphatic rings. The number of nitrogens with one attached hydrogen (secondary N) is 1. The molecular formula is C23H36N4O. The Kier molecular flexibility index (Phi) is 6.07. The number of aliphatic hydroxyl groups is 1. The minimum Gasteiger partial charge on any atom is -0.396 e. The van der Waals surface area contributed by atoms with E-state index in [4.69, 9.17) is 0 Å². The molecule has 2 aromatic rings. The maximum atomic E-state index is 9.66. The van der Waals surface area contributed by atoms with Crippen molar-refractivity contribution in [2.75, 3.05) is 46.4 Å². The lowest BCUT2D eigenvalue weighted by Crippen LogP contribution is -2.58. The summed E-state index contributed by atoms with van der Waals surface area (Å²) in [6, 6.07) is 7.83. The summed E-state index contributed by atoms with van der Waals surface area (Å²) in [6.45, 7) is 11.4. The van der Waals surface area contributed by atoms with E-state index in [1.54, 1.807) is 0 Å². The van der Waals surface area contributed by atoms with E-state index in [1.165, 1.54) is 53.7 Å². The molecule has 4 rings (SSSR count). The van der Waals surface area contributed by atoms with Crippen LogP contribution in [0.25, 0.3) is 10.9 Å². The Morgan fingerprint density at radius 1 is 1.11 bits per heavy atom. The third-order valence-corrected chi connectivity index (χ3v) is 6.93. The first-order chi connectivity index (χ1) is 13.5. The number of aliphatic hydroxyl groups excluding tert-OH is 1. The van der Waals surface area contributed by atoms with Crippen LogP contribution in [-0.4, -0.2) is 83.3 Å². The molecule has 0 radical (unpaired) electrons. The highest BCUT2D eigenvalue weighted by atomic mass is 16.3. The molecule has 0 saturated carbocycles. The van der Waals surface area contributed by atoms with E-state index in [1.807, 2.05) is 0 Å². The number of piperidine rings is 1. The van der Waals surface area contributed by atoms with Gasteiger partial charge in [0.1, 0.15) is 0 Å².